The van der Waals surface area contributed by atoms with Gasteiger partial charge in [-0.05, 0) is 49.2 Å². The van der Waals surface area contributed by atoms with Crippen LogP contribution in [-0.4, -0.2) is 63.3 Å². The molecule has 31 heavy (non-hydrogen) atoms. The molecule has 8 heteroatoms. The maximum absolute atomic E-state index is 13.1. The number of methoxy groups -OCH3 is 3. The second-order valence-corrected chi connectivity index (χ2v) is 8.60. The molecule has 0 aliphatic carbocycles. The Morgan fingerprint density at radius 2 is 1.52 bits per heavy atom. The number of carbonyl (C=O) groups is 1. The number of fused-ring (bicyclic) bond motifs is 1. The van der Waals surface area contributed by atoms with Crippen molar-refractivity contribution in [2.75, 3.05) is 52.4 Å². The first kappa shape index (κ1) is 21.2. The predicted octanol–water partition coefficient (Wildman–Crippen LogP) is 3.90. The lowest BCUT2D eigenvalue weighted by atomic mass is 10.1. The van der Waals surface area contributed by atoms with Crippen molar-refractivity contribution in [3.63, 3.8) is 0 Å². The van der Waals surface area contributed by atoms with E-state index < -0.39 is 0 Å². The van der Waals surface area contributed by atoms with Gasteiger partial charge in [-0.1, -0.05) is 11.3 Å². The summed E-state index contributed by atoms with van der Waals surface area (Å²) in [5.41, 5.74) is 4.10. The largest absolute Gasteiger partial charge is 0.493 e. The van der Waals surface area contributed by atoms with E-state index in [-0.39, 0.29) is 5.91 Å². The molecule has 1 aliphatic heterocycles. The minimum atomic E-state index is -0.0468. The molecule has 0 atom stereocenters. The highest BCUT2D eigenvalue weighted by Crippen LogP contribution is 2.38. The Morgan fingerprint density at radius 1 is 0.903 bits per heavy atom. The molecule has 0 spiro atoms. The number of benzene rings is 2. The van der Waals surface area contributed by atoms with Crippen LogP contribution in [0.1, 0.15) is 21.5 Å². The van der Waals surface area contributed by atoms with E-state index in [1.807, 2.05) is 4.90 Å². The Balaban J connectivity index is 1.49. The minimum Gasteiger partial charge on any atom is -0.493 e. The average molecular weight is 442 g/mol. The van der Waals surface area contributed by atoms with E-state index in [1.54, 1.807) is 44.8 Å². The number of amides is 1. The second-order valence-electron chi connectivity index (χ2n) is 7.59. The molecule has 1 aromatic heterocycles. The molecule has 1 amide bonds. The summed E-state index contributed by atoms with van der Waals surface area (Å²) < 4.78 is 17.3. The first-order valence-electron chi connectivity index (χ1n) is 10.2. The number of ether oxygens (including phenoxy) is 3. The van der Waals surface area contributed by atoms with Gasteiger partial charge in [0, 0.05) is 31.7 Å². The van der Waals surface area contributed by atoms with E-state index >= 15 is 0 Å². The van der Waals surface area contributed by atoms with Crippen molar-refractivity contribution in [1.29, 1.82) is 0 Å². The summed E-state index contributed by atoms with van der Waals surface area (Å²) in [6, 6.07) is 7.76. The fraction of sp³-hybridized carbons (Fsp3) is 0.391. The quantitative estimate of drug-likeness (QED) is 0.598. The molecule has 7 nitrogen and oxygen atoms in total. The molecule has 0 N–H and O–H groups in total. The van der Waals surface area contributed by atoms with Crippen LogP contribution in [0, 0.1) is 13.8 Å². The normalized spacial score (nSPS) is 14.1. The lowest BCUT2D eigenvalue weighted by molar-refractivity contribution is 0.0746. The summed E-state index contributed by atoms with van der Waals surface area (Å²) in [5, 5.41) is 1.01. The third-order valence-corrected chi connectivity index (χ3v) is 6.82. The molecule has 0 bridgehead atoms. The highest BCUT2D eigenvalue weighted by Gasteiger charge is 2.26. The number of nitrogens with zero attached hydrogens (tertiary/aromatic N) is 3. The Kier molecular flexibility index (Phi) is 5.91. The predicted molar refractivity (Wildman–Crippen MR) is 123 cm³/mol. The second kappa shape index (κ2) is 8.63. The smallest absolute Gasteiger partial charge is 0.254 e. The van der Waals surface area contributed by atoms with Crippen LogP contribution >= 0.6 is 11.3 Å². The van der Waals surface area contributed by atoms with Gasteiger partial charge in [-0.25, -0.2) is 4.98 Å². The number of hydrogen-bond acceptors (Lipinski definition) is 7. The van der Waals surface area contributed by atoms with Crippen LogP contribution < -0.4 is 19.1 Å². The zero-order chi connectivity index (χ0) is 22.1. The van der Waals surface area contributed by atoms with Gasteiger partial charge in [-0.2, -0.15) is 0 Å². The van der Waals surface area contributed by atoms with E-state index in [9.17, 15) is 4.79 Å². The maximum atomic E-state index is 13.1. The Labute approximate surface area is 186 Å². The summed E-state index contributed by atoms with van der Waals surface area (Å²) in [6.45, 7) is 6.98. The first-order chi connectivity index (χ1) is 14.9. The monoisotopic (exact) mass is 441 g/mol. The average Bonchev–Trinajstić information content (AvgIpc) is 3.20. The van der Waals surface area contributed by atoms with Crippen LogP contribution in [0.2, 0.25) is 0 Å². The van der Waals surface area contributed by atoms with Crippen LogP contribution in [-0.2, 0) is 0 Å². The molecule has 0 radical (unpaired) electrons. The summed E-state index contributed by atoms with van der Waals surface area (Å²) in [4.78, 5) is 22.1. The molecule has 1 aliphatic rings. The van der Waals surface area contributed by atoms with Crippen LogP contribution in [0.25, 0.3) is 10.2 Å². The molecule has 0 saturated carbocycles. The molecule has 2 aromatic carbocycles. The van der Waals surface area contributed by atoms with Crippen LogP contribution in [0.15, 0.2) is 24.3 Å². The van der Waals surface area contributed by atoms with Crippen molar-refractivity contribution in [1.82, 2.24) is 9.88 Å². The molecule has 0 unspecified atom stereocenters. The SMILES string of the molecule is COc1cc(C(=O)N2CCN(c3nc4cc(C)c(C)cc4s3)CC2)cc(OC)c1OC. The summed E-state index contributed by atoms with van der Waals surface area (Å²) in [5.74, 6) is 1.38. The highest BCUT2D eigenvalue weighted by atomic mass is 32.1. The zero-order valence-electron chi connectivity index (χ0n) is 18.5. The number of thiazole rings is 1. The zero-order valence-corrected chi connectivity index (χ0v) is 19.3. The van der Waals surface area contributed by atoms with Crippen molar-refractivity contribution in [3.8, 4) is 17.2 Å². The van der Waals surface area contributed by atoms with Crippen LogP contribution in [0.3, 0.4) is 0 Å². The fourth-order valence-corrected chi connectivity index (χ4v) is 4.89. The lowest BCUT2D eigenvalue weighted by Crippen LogP contribution is -2.48. The molecule has 4 rings (SSSR count). The number of anilines is 1. The molecular weight excluding hydrogens is 414 g/mol. The van der Waals surface area contributed by atoms with Gasteiger partial charge in [0.15, 0.2) is 16.6 Å². The highest BCUT2D eigenvalue weighted by molar-refractivity contribution is 7.22. The van der Waals surface area contributed by atoms with Crippen molar-refractivity contribution >= 4 is 32.6 Å². The standard InChI is InChI=1S/C23H27N3O4S/c1-14-10-17-20(11-15(14)2)31-23(24-17)26-8-6-25(7-9-26)22(27)16-12-18(28-3)21(30-5)19(13-16)29-4/h10-13H,6-9H2,1-5H3. The summed E-state index contributed by atoms with van der Waals surface area (Å²) in [7, 11) is 4.64. The number of aromatic nitrogens is 1. The van der Waals surface area contributed by atoms with Crippen molar-refractivity contribution < 1.29 is 19.0 Å². The van der Waals surface area contributed by atoms with Gasteiger partial charge in [-0.15, -0.1) is 0 Å². The van der Waals surface area contributed by atoms with E-state index in [1.165, 1.54) is 15.8 Å². The molecule has 164 valence electrons. The summed E-state index contributed by atoms with van der Waals surface area (Å²) >= 11 is 1.71. The van der Waals surface area contributed by atoms with Gasteiger partial charge in [0.2, 0.25) is 5.75 Å². The van der Waals surface area contributed by atoms with Crippen molar-refractivity contribution in [3.05, 3.63) is 41.0 Å². The van der Waals surface area contributed by atoms with E-state index in [4.69, 9.17) is 19.2 Å². The fourth-order valence-electron chi connectivity index (χ4n) is 3.79. The minimum absolute atomic E-state index is 0.0468. The van der Waals surface area contributed by atoms with E-state index in [2.05, 4.69) is 30.9 Å². The van der Waals surface area contributed by atoms with Crippen LogP contribution in [0.4, 0.5) is 5.13 Å². The van der Waals surface area contributed by atoms with E-state index in [0.29, 0.717) is 35.9 Å². The first-order valence-corrected chi connectivity index (χ1v) is 11.0. The van der Waals surface area contributed by atoms with Gasteiger partial charge in [0.05, 0.1) is 31.5 Å². The Bertz CT molecular complexity index is 1060. The molecule has 1 saturated heterocycles. The number of aryl methyl sites for hydroxylation is 2. The van der Waals surface area contributed by atoms with Crippen molar-refractivity contribution in [2.24, 2.45) is 0 Å². The lowest BCUT2D eigenvalue weighted by Gasteiger charge is -2.34. The van der Waals surface area contributed by atoms with Crippen LogP contribution in [0.5, 0.6) is 17.2 Å². The number of hydrogen-bond donors (Lipinski definition) is 0. The number of piperazine rings is 1. The summed E-state index contributed by atoms with van der Waals surface area (Å²) in [6.07, 6.45) is 0. The Hall–Kier alpha value is -3.00. The molecule has 2 heterocycles. The molecular formula is C23H27N3O4S. The third-order valence-electron chi connectivity index (χ3n) is 5.74. The third kappa shape index (κ3) is 3.99. The Morgan fingerprint density at radius 3 is 2.10 bits per heavy atom. The number of carbonyl (C=O) groups excluding carboxylic acids is 1. The topological polar surface area (TPSA) is 64.1 Å². The van der Waals surface area contributed by atoms with Crippen molar-refractivity contribution in [2.45, 2.75) is 13.8 Å². The maximum Gasteiger partial charge on any atom is 0.254 e. The van der Waals surface area contributed by atoms with Gasteiger partial charge in [0.1, 0.15) is 0 Å². The molecule has 3 aromatic rings. The van der Waals surface area contributed by atoms with Gasteiger partial charge < -0.3 is 24.0 Å². The van der Waals surface area contributed by atoms with Gasteiger partial charge in [-0.3, -0.25) is 4.79 Å². The van der Waals surface area contributed by atoms with E-state index in [0.717, 1.165) is 23.7 Å². The number of rotatable bonds is 5. The van der Waals surface area contributed by atoms with Gasteiger partial charge >= 0.3 is 0 Å². The van der Waals surface area contributed by atoms with Gasteiger partial charge in [0.25, 0.3) is 5.91 Å². The molecule has 1 fully saturated rings.